The Morgan fingerprint density at radius 2 is 2.05 bits per heavy atom. The molecule has 0 aliphatic carbocycles. The van der Waals surface area contributed by atoms with Gasteiger partial charge in [0.1, 0.15) is 10.8 Å². The van der Waals surface area contributed by atoms with Crippen molar-refractivity contribution in [3.8, 4) is 16.3 Å². The summed E-state index contributed by atoms with van der Waals surface area (Å²) in [6, 6.07) is 11.3. The maximum absolute atomic E-state index is 5.99. The first kappa shape index (κ1) is 12.3. The molecule has 2 N–H and O–H groups in total. The Bertz CT molecular complexity index is 754. The van der Waals surface area contributed by atoms with E-state index in [1.54, 1.807) is 24.5 Å². The lowest BCUT2D eigenvalue weighted by molar-refractivity contribution is 0.415. The predicted octanol–water partition coefficient (Wildman–Crippen LogP) is 4.21. The highest BCUT2D eigenvalue weighted by Gasteiger charge is 2.10. The molecule has 1 heterocycles. The highest BCUT2D eigenvalue weighted by Crippen LogP contribution is 2.35. The second-order valence-electron chi connectivity index (χ2n) is 4.08. The molecule has 96 valence electrons. The molecule has 19 heavy (non-hydrogen) atoms. The van der Waals surface area contributed by atoms with Crippen LogP contribution in [0.1, 0.15) is 0 Å². The zero-order valence-corrected chi connectivity index (χ0v) is 11.8. The number of aromatic nitrogens is 1. The van der Waals surface area contributed by atoms with E-state index in [4.69, 9.17) is 22.1 Å². The Balaban J connectivity index is 2.14. The second-order valence-corrected chi connectivity index (χ2v) is 5.55. The fourth-order valence-corrected chi connectivity index (χ4v) is 3.10. The van der Waals surface area contributed by atoms with Gasteiger partial charge >= 0.3 is 0 Å². The summed E-state index contributed by atoms with van der Waals surface area (Å²) in [6.45, 7) is 0. The average molecular weight is 291 g/mol. The zero-order chi connectivity index (χ0) is 13.4. The highest BCUT2D eigenvalue weighted by molar-refractivity contribution is 7.21. The molecule has 0 saturated heterocycles. The van der Waals surface area contributed by atoms with Crippen LogP contribution in [0.25, 0.3) is 20.8 Å². The van der Waals surface area contributed by atoms with Crippen LogP contribution in [0.4, 0.5) is 5.69 Å². The molecule has 0 aliphatic heterocycles. The van der Waals surface area contributed by atoms with Gasteiger partial charge in [-0.2, -0.15) is 0 Å². The molecular weight excluding hydrogens is 280 g/mol. The first-order valence-electron chi connectivity index (χ1n) is 5.67. The number of benzene rings is 2. The van der Waals surface area contributed by atoms with E-state index in [9.17, 15) is 0 Å². The fourth-order valence-electron chi connectivity index (χ4n) is 1.88. The molecule has 2 aromatic carbocycles. The maximum Gasteiger partial charge on any atom is 0.126 e. The van der Waals surface area contributed by atoms with E-state index in [0.717, 1.165) is 26.5 Å². The molecule has 0 unspecified atom stereocenters. The standard InChI is InChI=1S/C14H11ClN2OS/c1-18-9-3-5-12-13(7-9)19-14(17-12)10-4-2-8(15)6-11(10)16/h2-7H,16H2,1H3. The summed E-state index contributed by atoms with van der Waals surface area (Å²) in [7, 11) is 1.65. The number of ether oxygens (including phenoxy) is 1. The van der Waals surface area contributed by atoms with E-state index >= 15 is 0 Å². The number of anilines is 1. The summed E-state index contributed by atoms with van der Waals surface area (Å²) in [5.41, 5.74) is 8.47. The Labute approximate surface area is 119 Å². The highest BCUT2D eigenvalue weighted by atomic mass is 35.5. The number of methoxy groups -OCH3 is 1. The van der Waals surface area contributed by atoms with Crippen LogP contribution in [0.15, 0.2) is 36.4 Å². The van der Waals surface area contributed by atoms with Gasteiger partial charge < -0.3 is 10.5 Å². The monoisotopic (exact) mass is 290 g/mol. The lowest BCUT2D eigenvalue weighted by atomic mass is 10.2. The first-order chi connectivity index (χ1) is 9.17. The second kappa shape index (κ2) is 4.72. The number of halogens is 1. The van der Waals surface area contributed by atoms with E-state index in [1.807, 2.05) is 30.3 Å². The number of fused-ring (bicyclic) bond motifs is 1. The summed E-state index contributed by atoms with van der Waals surface area (Å²) in [6.07, 6.45) is 0. The third-order valence-corrected chi connectivity index (χ3v) is 4.13. The number of nitrogen functional groups attached to an aromatic ring is 1. The molecule has 0 saturated carbocycles. The van der Waals surface area contributed by atoms with Crippen molar-refractivity contribution >= 4 is 38.8 Å². The van der Waals surface area contributed by atoms with Crippen molar-refractivity contribution in [3.05, 3.63) is 41.4 Å². The summed E-state index contributed by atoms with van der Waals surface area (Å²) in [4.78, 5) is 4.59. The number of nitrogens with zero attached hydrogens (tertiary/aromatic N) is 1. The van der Waals surface area contributed by atoms with Crippen LogP contribution >= 0.6 is 22.9 Å². The average Bonchev–Trinajstić information content (AvgIpc) is 2.80. The summed E-state index contributed by atoms with van der Waals surface area (Å²) in [5.74, 6) is 0.826. The van der Waals surface area contributed by atoms with Crippen molar-refractivity contribution in [1.29, 1.82) is 0 Å². The third kappa shape index (κ3) is 2.25. The van der Waals surface area contributed by atoms with E-state index < -0.39 is 0 Å². The zero-order valence-electron chi connectivity index (χ0n) is 10.2. The minimum absolute atomic E-state index is 0.629. The predicted molar refractivity (Wildman–Crippen MR) is 81.0 cm³/mol. The van der Waals surface area contributed by atoms with Gasteiger partial charge in [0.25, 0.3) is 0 Å². The smallest absolute Gasteiger partial charge is 0.126 e. The molecule has 0 aliphatic rings. The minimum Gasteiger partial charge on any atom is -0.497 e. The Morgan fingerprint density at radius 3 is 2.79 bits per heavy atom. The summed E-state index contributed by atoms with van der Waals surface area (Å²) < 4.78 is 6.29. The molecule has 0 bridgehead atoms. The van der Waals surface area contributed by atoms with Crippen molar-refractivity contribution in [2.24, 2.45) is 0 Å². The fraction of sp³-hybridized carbons (Fsp3) is 0.0714. The Kier molecular flexibility index (Phi) is 3.05. The molecule has 3 aromatic rings. The van der Waals surface area contributed by atoms with Gasteiger partial charge in [-0.15, -0.1) is 11.3 Å². The van der Waals surface area contributed by atoms with Gasteiger partial charge in [-0.1, -0.05) is 11.6 Å². The van der Waals surface area contributed by atoms with Crippen LogP contribution in [0.5, 0.6) is 5.75 Å². The molecule has 0 spiro atoms. The van der Waals surface area contributed by atoms with Crippen LogP contribution in [0, 0.1) is 0 Å². The number of thiazole rings is 1. The molecule has 0 atom stereocenters. The van der Waals surface area contributed by atoms with Crippen molar-refractivity contribution in [2.75, 3.05) is 12.8 Å². The number of rotatable bonds is 2. The molecule has 3 rings (SSSR count). The maximum atomic E-state index is 5.99. The van der Waals surface area contributed by atoms with Crippen LogP contribution in [0.3, 0.4) is 0 Å². The quantitative estimate of drug-likeness (QED) is 0.719. The molecular formula is C14H11ClN2OS. The first-order valence-corrected chi connectivity index (χ1v) is 6.87. The van der Waals surface area contributed by atoms with Crippen molar-refractivity contribution in [1.82, 2.24) is 4.98 Å². The lowest BCUT2D eigenvalue weighted by Crippen LogP contribution is -1.88. The third-order valence-electron chi connectivity index (χ3n) is 2.84. The van der Waals surface area contributed by atoms with Crippen LogP contribution < -0.4 is 10.5 Å². The van der Waals surface area contributed by atoms with E-state index in [0.29, 0.717) is 10.7 Å². The van der Waals surface area contributed by atoms with Crippen molar-refractivity contribution < 1.29 is 4.74 Å². The molecule has 0 amide bonds. The molecule has 5 heteroatoms. The topological polar surface area (TPSA) is 48.1 Å². The van der Waals surface area contributed by atoms with Crippen molar-refractivity contribution in [3.63, 3.8) is 0 Å². The van der Waals surface area contributed by atoms with Crippen molar-refractivity contribution in [2.45, 2.75) is 0 Å². The Hall–Kier alpha value is -1.78. The van der Waals surface area contributed by atoms with Gasteiger partial charge in [0.2, 0.25) is 0 Å². The summed E-state index contributed by atoms with van der Waals surface area (Å²) in [5, 5.41) is 1.52. The minimum atomic E-state index is 0.629. The lowest BCUT2D eigenvalue weighted by Gasteiger charge is -2.01. The van der Waals surface area contributed by atoms with Gasteiger partial charge in [-0.3, -0.25) is 0 Å². The molecule has 0 radical (unpaired) electrons. The van der Waals surface area contributed by atoms with Crippen LogP contribution in [-0.4, -0.2) is 12.1 Å². The SMILES string of the molecule is COc1ccc2nc(-c3ccc(Cl)cc3N)sc2c1. The van der Waals surface area contributed by atoms with E-state index in [2.05, 4.69) is 4.98 Å². The normalized spacial score (nSPS) is 10.8. The number of nitrogens with two attached hydrogens (primary N) is 1. The van der Waals surface area contributed by atoms with E-state index in [1.165, 1.54) is 0 Å². The molecule has 0 fully saturated rings. The van der Waals surface area contributed by atoms with Gasteiger partial charge in [-0.05, 0) is 36.4 Å². The molecule has 3 nitrogen and oxygen atoms in total. The van der Waals surface area contributed by atoms with Gasteiger partial charge in [0, 0.05) is 16.3 Å². The van der Waals surface area contributed by atoms with Gasteiger partial charge in [0.05, 0.1) is 17.3 Å². The van der Waals surface area contributed by atoms with Crippen LogP contribution in [-0.2, 0) is 0 Å². The Morgan fingerprint density at radius 1 is 1.21 bits per heavy atom. The number of hydrogen-bond donors (Lipinski definition) is 1. The van der Waals surface area contributed by atoms with Gasteiger partial charge in [-0.25, -0.2) is 4.98 Å². The van der Waals surface area contributed by atoms with E-state index in [-0.39, 0.29) is 0 Å². The molecule has 1 aromatic heterocycles. The number of hydrogen-bond acceptors (Lipinski definition) is 4. The summed E-state index contributed by atoms with van der Waals surface area (Å²) >= 11 is 7.49. The van der Waals surface area contributed by atoms with Gasteiger partial charge in [0.15, 0.2) is 0 Å². The largest absolute Gasteiger partial charge is 0.497 e. The van der Waals surface area contributed by atoms with Crippen LogP contribution in [0.2, 0.25) is 5.02 Å².